The fraction of sp³-hybridized carbons (Fsp3) is 0.281. The molecule has 1 unspecified atom stereocenters. The van der Waals surface area contributed by atoms with Crippen LogP contribution in [0.5, 0.6) is 0 Å². The van der Waals surface area contributed by atoms with Crippen molar-refractivity contribution in [2.45, 2.75) is 24.2 Å². The summed E-state index contributed by atoms with van der Waals surface area (Å²) in [4.78, 5) is 34.4. The van der Waals surface area contributed by atoms with Crippen LogP contribution in [0.3, 0.4) is 0 Å². The fourth-order valence-corrected chi connectivity index (χ4v) is 5.97. The number of ketones is 1. The molecule has 0 saturated carbocycles. The number of aryl methyl sites for hydroxylation is 1. The average molecular weight is 570 g/mol. The van der Waals surface area contributed by atoms with E-state index >= 15 is 0 Å². The maximum atomic E-state index is 13.4. The molecule has 1 aliphatic heterocycles. The number of hydrogen-bond acceptors (Lipinski definition) is 6. The number of hydrogen-bond donors (Lipinski definition) is 2. The van der Waals surface area contributed by atoms with Gasteiger partial charge in [-0.05, 0) is 54.9 Å². The van der Waals surface area contributed by atoms with Gasteiger partial charge >= 0.3 is 0 Å². The van der Waals surface area contributed by atoms with Crippen LogP contribution in [0.15, 0.2) is 90.1 Å². The third-order valence-corrected chi connectivity index (χ3v) is 8.48. The number of fused-ring (bicyclic) bond motifs is 1. The first kappa shape index (κ1) is 28.6. The summed E-state index contributed by atoms with van der Waals surface area (Å²) in [5, 5.41) is 4.71. The second kappa shape index (κ2) is 13.6. The van der Waals surface area contributed by atoms with E-state index < -0.39 is 11.0 Å². The molecule has 1 aromatic heterocycles. The summed E-state index contributed by atoms with van der Waals surface area (Å²) in [6.07, 6.45) is 5.02. The van der Waals surface area contributed by atoms with Gasteiger partial charge in [0.25, 0.3) is 0 Å². The Hall–Kier alpha value is -3.92. The van der Waals surface area contributed by atoms with Gasteiger partial charge in [0.15, 0.2) is 11.0 Å². The van der Waals surface area contributed by atoms with Crippen LogP contribution in [-0.4, -0.2) is 70.5 Å². The number of rotatable bonds is 11. The van der Waals surface area contributed by atoms with Gasteiger partial charge in [-0.25, -0.2) is 4.21 Å². The lowest BCUT2D eigenvalue weighted by atomic mass is 10.0. The Kier molecular flexibility index (Phi) is 9.51. The molecule has 1 atom stereocenters. The number of pyridine rings is 1. The molecule has 2 heterocycles. The molecule has 1 aliphatic rings. The summed E-state index contributed by atoms with van der Waals surface area (Å²) in [6, 6.07) is 22.6. The molecule has 9 heteroatoms. The quantitative estimate of drug-likeness (QED) is 0.280. The number of carbonyl (C=O) groups excluding carboxylic acids is 2. The Balaban J connectivity index is 1.20. The number of benzene rings is 3. The summed E-state index contributed by atoms with van der Waals surface area (Å²) in [6.45, 7) is 4.01. The minimum Gasteiger partial charge on any atom is -0.324 e. The predicted molar refractivity (Wildman–Crippen MR) is 164 cm³/mol. The number of amides is 1. The Labute approximate surface area is 243 Å². The van der Waals surface area contributed by atoms with Crippen LogP contribution in [0.4, 0.5) is 11.4 Å². The lowest BCUT2D eigenvalue weighted by Gasteiger charge is -2.31. The van der Waals surface area contributed by atoms with Crippen molar-refractivity contribution in [3.63, 3.8) is 0 Å². The standard InChI is InChI=1S/C32H35N5O3S/c1-36-17-19-37(20-18-36)23-32(39)34-30-14-15-31(29-7-3-2-6-28(29)30)41(40)35-26-11-8-24(9-12-26)21-27(38)13-10-25-5-4-16-33-22-25/h2-9,11-12,14-16,22,35H,10,13,17-21,23H2,1H3,(H,34,39). The molecule has 212 valence electrons. The van der Waals surface area contributed by atoms with E-state index in [-0.39, 0.29) is 11.7 Å². The van der Waals surface area contributed by atoms with Crippen LogP contribution < -0.4 is 10.0 Å². The van der Waals surface area contributed by atoms with Crippen molar-refractivity contribution in [3.05, 3.63) is 96.3 Å². The molecule has 1 saturated heterocycles. The topological polar surface area (TPSA) is 94.6 Å². The molecule has 0 bridgehead atoms. The highest BCUT2D eigenvalue weighted by molar-refractivity contribution is 7.86. The van der Waals surface area contributed by atoms with Gasteiger partial charge in [0.1, 0.15) is 5.78 Å². The van der Waals surface area contributed by atoms with E-state index in [1.54, 1.807) is 18.5 Å². The van der Waals surface area contributed by atoms with Gasteiger partial charge in [-0.2, -0.15) is 0 Å². The SMILES string of the molecule is CN1CCN(CC(=O)Nc2ccc(S(=O)Nc3ccc(CC(=O)CCc4cccnc4)cc3)c3ccccc23)CC1. The first-order chi connectivity index (χ1) is 19.9. The third kappa shape index (κ3) is 7.85. The molecular weight excluding hydrogens is 534 g/mol. The van der Waals surface area contributed by atoms with Crippen molar-refractivity contribution in [2.24, 2.45) is 0 Å². The molecule has 41 heavy (non-hydrogen) atoms. The fourth-order valence-electron chi connectivity index (χ4n) is 4.94. The molecule has 0 spiro atoms. The van der Waals surface area contributed by atoms with Crippen LogP contribution in [0.2, 0.25) is 0 Å². The van der Waals surface area contributed by atoms with Crippen LogP contribution in [-0.2, 0) is 33.4 Å². The summed E-state index contributed by atoms with van der Waals surface area (Å²) in [7, 11) is 0.563. The minimum absolute atomic E-state index is 0.0534. The van der Waals surface area contributed by atoms with Crippen molar-refractivity contribution in [1.82, 2.24) is 14.8 Å². The number of Topliss-reactive ketones (excluding diaryl/α,β-unsaturated/α-hetero) is 1. The zero-order valence-electron chi connectivity index (χ0n) is 23.2. The molecule has 8 nitrogen and oxygen atoms in total. The number of anilines is 2. The lowest BCUT2D eigenvalue weighted by molar-refractivity contribution is -0.118. The molecule has 2 N–H and O–H groups in total. The monoisotopic (exact) mass is 569 g/mol. The largest absolute Gasteiger partial charge is 0.324 e. The Bertz CT molecular complexity index is 1520. The van der Waals surface area contributed by atoms with Crippen molar-refractivity contribution in [3.8, 4) is 0 Å². The molecule has 1 amide bonds. The van der Waals surface area contributed by atoms with E-state index in [4.69, 9.17) is 0 Å². The van der Waals surface area contributed by atoms with Crippen molar-refractivity contribution < 1.29 is 13.8 Å². The normalized spacial score (nSPS) is 15.0. The first-order valence-electron chi connectivity index (χ1n) is 13.8. The lowest BCUT2D eigenvalue weighted by Crippen LogP contribution is -2.47. The van der Waals surface area contributed by atoms with E-state index in [9.17, 15) is 13.8 Å². The molecule has 5 rings (SSSR count). The number of nitrogens with one attached hydrogen (secondary N) is 2. The van der Waals surface area contributed by atoms with E-state index in [2.05, 4.69) is 31.9 Å². The van der Waals surface area contributed by atoms with Crippen LogP contribution in [0, 0.1) is 0 Å². The maximum Gasteiger partial charge on any atom is 0.238 e. The van der Waals surface area contributed by atoms with Gasteiger partial charge in [0, 0.05) is 73.6 Å². The summed E-state index contributed by atoms with van der Waals surface area (Å²) < 4.78 is 16.5. The van der Waals surface area contributed by atoms with Crippen LogP contribution in [0.25, 0.3) is 10.8 Å². The third-order valence-electron chi connectivity index (χ3n) is 7.30. The first-order valence-corrected chi connectivity index (χ1v) is 15.0. The average Bonchev–Trinajstić information content (AvgIpc) is 2.99. The van der Waals surface area contributed by atoms with Gasteiger partial charge in [-0.3, -0.25) is 19.5 Å². The van der Waals surface area contributed by atoms with Crippen molar-refractivity contribution >= 4 is 44.8 Å². The highest BCUT2D eigenvalue weighted by Gasteiger charge is 2.18. The van der Waals surface area contributed by atoms with Gasteiger partial charge in [-0.15, -0.1) is 0 Å². The van der Waals surface area contributed by atoms with Gasteiger partial charge in [0.2, 0.25) is 5.91 Å². The van der Waals surface area contributed by atoms with Crippen molar-refractivity contribution in [2.75, 3.05) is 49.8 Å². The predicted octanol–water partition coefficient (Wildman–Crippen LogP) is 4.30. The van der Waals surface area contributed by atoms with E-state index in [0.717, 1.165) is 48.1 Å². The minimum atomic E-state index is -1.53. The van der Waals surface area contributed by atoms with Crippen LogP contribution in [0.1, 0.15) is 17.5 Å². The molecule has 0 radical (unpaired) electrons. The zero-order chi connectivity index (χ0) is 28.6. The molecule has 0 aliphatic carbocycles. The number of aromatic nitrogens is 1. The van der Waals surface area contributed by atoms with Crippen molar-refractivity contribution in [1.29, 1.82) is 0 Å². The smallest absolute Gasteiger partial charge is 0.238 e. The summed E-state index contributed by atoms with van der Waals surface area (Å²) >= 11 is 0. The summed E-state index contributed by atoms with van der Waals surface area (Å²) in [5.74, 6) is 0.114. The number of nitrogens with zero attached hydrogens (tertiary/aromatic N) is 3. The number of carbonyl (C=O) groups is 2. The van der Waals surface area contributed by atoms with Gasteiger partial charge in [0.05, 0.1) is 11.4 Å². The highest BCUT2D eigenvalue weighted by atomic mass is 32.2. The Morgan fingerprint density at radius 3 is 2.37 bits per heavy atom. The van der Waals surface area contributed by atoms with Gasteiger partial charge < -0.3 is 14.9 Å². The summed E-state index contributed by atoms with van der Waals surface area (Å²) in [5.41, 5.74) is 3.37. The number of piperazine rings is 1. The molecule has 3 aromatic carbocycles. The van der Waals surface area contributed by atoms with E-state index in [1.807, 2.05) is 66.7 Å². The number of likely N-dealkylation sites (N-methyl/N-ethyl adjacent to an activating group) is 1. The van der Waals surface area contributed by atoms with Gasteiger partial charge in [-0.1, -0.05) is 42.5 Å². The van der Waals surface area contributed by atoms with E-state index in [1.165, 1.54) is 0 Å². The second-order valence-corrected chi connectivity index (χ2v) is 11.6. The van der Waals surface area contributed by atoms with E-state index in [0.29, 0.717) is 42.1 Å². The molecule has 1 fully saturated rings. The maximum absolute atomic E-state index is 13.4. The Morgan fingerprint density at radius 1 is 0.878 bits per heavy atom. The molecule has 4 aromatic rings. The Morgan fingerprint density at radius 2 is 1.63 bits per heavy atom. The van der Waals surface area contributed by atoms with Crippen LogP contribution >= 0.6 is 0 Å². The molecular formula is C32H35N5O3S. The second-order valence-electron chi connectivity index (χ2n) is 10.4. The highest BCUT2D eigenvalue weighted by Crippen LogP contribution is 2.29. The zero-order valence-corrected chi connectivity index (χ0v) is 24.0.